The van der Waals surface area contributed by atoms with Gasteiger partial charge in [-0.2, -0.15) is 0 Å². The number of amides is 4. The van der Waals surface area contributed by atoms with E-state index in [2.05, 4.69) is 21.2 Å². The molecule has 4 rings (SSSR count). The fraction of sp³-hybridized carbons (Fsp3) is 0.0417. The molecule has 4 amide bonds. The third kappa shape index (κ3) is 4.76. The van der Waals surface area contributed by atoms with Gasteiger partial charge < -0.3 is 4.74 Å². The number of imide groups is 2. The van der Waals surface area contributed by atoms with Crippen molar-refractivity contribution >= 4 is 45.5 Å². The molecule has 1 aliphatic rings. The zero-order valence-electron chi connectivity index (χ0n) is 16.5. The van der Waals surface area contributed by atoms with Gasteiger partial charge in [0.1, 0.15) is 23.7 Å². The van der Waals surface area contributed by atoms with Gasteiger partial charge in [0.05, 0.1) is 5.69 Å². The van der Waals surface area contributed by atoms with E-state index in [9.17, 15) is 18.8 Å². The summed E-state index contributed by atoms with van der Waals surface area (Å²) in [6.07, 6.45) is 1.39. The molecule has 0 spiro atoms. The van der Waals surface area contributed by atoms with E-state index in [0.717, 1.165) is 9.37 Å². The summed E-state index contributed by atoms with van der Waals surface area (Å²) in [4.78, 5) is 38.5. The summed E-state index contributed by atoms with van der Waals surface area (Å²) < 4.78 is 19.8. The summed E-state index contributed by atoms with van der Waals surface area (Å²) >= 11 is 3.30. The first kappa shape index (κ1) is 21.5. The normalized spacial score (nSPS) is 15.1. The molecule has 8 heteroatoms. The number of carbonyl (C=O) groups excluding carboxylic acids is 3. The van der Waals surface area contributed by atoms with Crippen LogP contribution in [0, 0.1) is 5.82 Å². The van der Waals surface area contributed by atoms with Crippen molar-refractivity contribution < 1.29 is 23.5 Å². The maximum Gasteiger partial charge on any atom is 0.335 e. The number of carbonyl (C=O) groups is 3. The molecule has 1 N–H and O–H groups in total. The molecule has 0 radical (unpaired) electrons. The van der Waals surface area contributed by atoms with Crippen molar-refractivity contribution in [2.75, 3.05) is 4.90 Å². The van der Waals surface area contributed by atoms with Crippen LogP contribution in [0.3, 0.4) is 0 Å². The lowest BCUT2D eigenvalue weighted by Crippen LogP contribution is -2.54. The third-order valence-electron chi connectivity index (χ3n) is 4.65. The van der Waals surface area contributed by atoms with Crippen LogP contribution in [0.4, 0.5) is 14.9 Å². The van der Waals surface area contributed by atoms with Crippen LogP contribution in [-0.4, -0.2) is 17.8 Å². The number of hydrogen-bond acceptors (Lipinski definition) is 4. The molecule has 6 nitrogen and oxygen atoms in total. The lowest BCUT2D eigenvalue weighted by Gasteiger charge is -2.26. The van der Waals surface area contributed by atoms with Crippen LogP contribution in [0.2, 0.25) is 0 Å². The summed E-state index contributed by atoms with van der Waals surface area (Å²) in [6, 6.07) is 18.6. The average Bonchev–Trinajstić information content (AvgIpc) is 2.77. The minimum absolute atomic E-state index is 0.156. The van der Waals surface area contributed by atoms with Crippen LogP contribution in [-0.2, 0) is 16.2 Å². The summed E-state index contributed by atoms with van der Waals surface area (Å²) in [5.41, 5.74) is 1.35. The highest BCUT2D eigenvalue weighted by atomic mass is 79.9. The Bertz CT molecular complexity index is 1240. The summed E-state index contributed by atoms with van der Waals surface area (Å²) in [6.45, 7) is 0.156. The Hall–Kier alpha value is -3.78. The van der Waals surface area contributed by atoms with E-state index in [1.165, 1.54) is 18.2 Å². The quantitative estimate of drug-likeness (QED) is 0.407. The van der Waals surface area contributed by atoms with Gasteiger partial charge in [-0.25, -0.2) is 14.1 Å². The molecule has 1 saturated heterocycles. The second kappa shape index (κ2) is 9.15. The number of urea groups is 1. The topological polar surface area (TPSA) is 75.7 Å². The van der Waals surface area contributed by atoms with Crippen molar-refractivity contribution in [3.05, 3.63) is 99.8 Å². The summed E-state index contributed by atoms with van der Waals surface area (Å²) in [5.74, 6) is -1.38. The Morgan fingerprint density at radius 2 is 1.72 bits per heavy atom. The maximum atomic E-state index is 13.3. The van der Waals surface area contributed by atoms with Crippen molar-refractivity contribution in [2.24, 2.45) is 0 Å². The maximum absolute atomic E-state index is 13.3. The summed E-state index contributed by atoms with van der Waals surface area (Å²) in [5, 5.41) is 2.19. The molecule has 3 aromatic rings. The monoisotopic (exact) mass is 494 g/mol. The van der Waals surface area contributed by atoms with E-state index in [1.807, 2.05) is 0 Å². The predicted molar refractivity (Wildman–Crippen MR) is 120 cm³/mol. The van der Waals surface area contributed by atoms with Crippen LogP contribution < -0.4 is 15.0 Å². The lowest BCUT2D eigenvalue weighted by atomic mass is 10.1. The van der Waals surface area contributed by atoms with E-state index < -0.39 is 17.8 Å². The van der Waals surface area contributed by atoms with Gasteiger partial charge in [0, 0.05) is 4.47 Å². The largest absolute Gasteiger partial charge is 0.489 e. The molecule has 0 bridgehead atoms. The standard InChI is InChI=1S/C24H16BrFN2O4/c25-17-7-9-19(10-8-17)28-23(30)21(22(29)27-24(28)31)13-15-3-2-6-20(12-15)32-14-16-4-1-5-18(26)11-16/h1-13H,14H2,(H,27,29,31). The predicted octanol–water partition coefficient (Wildman–Crippen LogP) is 4.83. The van der Waals surface area contributed by atoms with Crippen molar-refractivity contribution in [1.82, 2.24) is 5.32 Å². The molecule has 160 valence electrons. The molecule has 3 aromatic carbocycles. The fourth-order valence-corrected chi connectivity index (χ4v) is 3.40. The van der Waals surface area contributed by atoms with Gasteiger partial charge in [0.2, 0.25) is 0 Å². The number of ether oxygens (including phenoxy) is 1. The van der Waals surface area contributed by atoms with Gasteiger partial charge in [-0.3, -0.25) is 14.9 Å². The van der Waals surface area contributed by atoms with Crippen LogP contribution in [0.15, 0.2) is 82.8 Å². The molecule has 1 heterocycles. The van der Waals surface area contributed by atoms with Crippen LogP contribution in [0.1, 0.15) is 11.1 Å². The number of nitrogens with zero attached hydrogens (tertiary/aromatic N) is 1. The molecule has 0 saturated carbocycles. The molecule has 1 fully saturated rings. The average molecular weight is 495 g/mol. The van der Waals surface area contributed by atoms with Gasteiger partial charge in [0.25, 0.3) is 11.8 Å². The first-order chi connectivity index (χ1) is 15.4. The minimum Gasteiger partial charge on any atom is -0.489 e. The number of benzene rings is 3. The molecule has 0 aliphatic carbocycles. The van der Waals surface area contributed by atoms with Gasteiger partial charge in [0.15, 0.2) is 0 Å². The number of rotatable bonds is 5. The first-order valence-corrected chi connectivity index (χ1v) is 10.3. The van der Waals surface area contributed by atoms with E-state index in [0.29, 0.717) is 22.6 Å². The zero-order valence-corrected chi connectivity index (χ0v) is 18.1. The second-order valence-corrected chi connectivity index (χ2v) is 7.84. The van der Waals surface area contributed by atoms with Crippen molar-refractivity contribution in [3.63, 3.8) is 0 Å². The lowest BCUT2D eigenvalue weighted by molar-refractivity contribution is -0.122. The number of anilines is 1. The molecular formula is C24H16BrFN2O4. The molecule has 0 unspecified atom stereocenters. The summed E-state index contributed by atoms with van der Waals surface area (Å²) in [7, 11) is 0. The molecule has 32 heavy (non-hydrogen) atoms. The molecule has 0 atom stereocenters. The Morgan fingerprint density at radius 3 is 2.47 bits per heavy atom. The highest BCUT2D eigenvalue weighted by molar-refractivity contribution is 9.10. The molecular weight excluding hydrogens is 479 g/mol. The van der Waals surface area contributed by atoms with E-state index in [-0.39, 0.29) is 18.0 Å². The van der Waals surface area contributed by atoms with Gasteiger partial charge >= 0.3 is 6.03 Å². The molecule has 1 aliphatic heterocycles. The second-order valence-electron chi connectivity index (χ2n) is 6.93. The van der Waals surface area contributed by atoms with Gasteiger partial charge in [-0.1, -0.05) is 40.2 Å². The Kier molecular flexibility index (Phi) is 6.13. The first-order valence-electron chi connectivity index (χ1n) is 9.55. The van der Waals surface area contributed by atoms with Gasteiger partial charge in [-0.05, 0) is 65.7 Å². The third-order valence-corrected chi connectivity index (χ3v) is 5.18. The highest BCUT2D eigenvalue weighted by Crippen LogP contribution is 2.24. The van der Waals surface area contributed by atoms with E-state index in [1.54, 1.807) is 60.7 Å². The van der Waals surface area contributed by atoms with E-state index in [4.69, 9.17) is 4.74 Å². The fourth-order valence-electron chi connectivity index (χ4n) is 3.14. The van der Waals surface area contributed by atoms with Crippen molar-refractivity contribution in [1.29, 1.82) is 0 Å². The molecule has 0 aromatic heterocycles. The van der Waals surface area contributed by atoms with Gasteiger partial charge in [-0.15, -0.1) is 0 Å². The Morgan fingerprint density at radius 1 is 0.969 bits per heavy atom. The number of barbiturate groups is 1. The Labute approximate surface area is 191 Å². The number of nitrogens with one attached hydrogen (secondary N) is 1. The minimum atomic E-state index is -0.813. The van der Waals surface area contributed by atoms with Crippen LogP contribution in [0.5, 0.6) is 5.75 Å². The number of hydrogen-bond donors (Lipinski definition) is 1. The Balaban J connectivity index is 1.57. The van der Waals surface area contributed by atoms with Crippen LogP contribution in [0.25, 0.3) is 6.08 Å². The smallest absolute Gasteiger partial charge is 0.335 e. The van der Waals surface area contributed by atoms with Crippen molar-refractivity contribution in [2.45, 2.75) is 6.61 Å². The van der Waals surface area contributed by atoms with E-state index >= 15 is 0 Å². The van der Waals surface area contributed by atoms with Crippen LogP contribution >= 0.6 is 15.9 Å². The SMILES string of the molecule is O=C1NC(=O)N(c2ccc(Br)cc2)C(=O)C1=Cc1cccc(OCc2cccc(F)c2)c1. The van der Waals surface area contributed by atoms with Crippen molar-refractivity contribution in [3.8, 4) is 5.75 Å². The number of halogens is 2. The zero-order chi connectivity index (χ0) is 22.7. The highest BCUT2D eigenvalue weighted by Gasteiger charge is 2.36.